The van der Waals surface area contributed by atoms with Crippen molar-refractivity contribution in [2.24, 2.45) is 0 Å². The minimum absolute atomic E-state index is 0.390. The number of aliphatic hydroxyl groups excluding tert-OH is 4. The summed E-state index contributed by atoms with van der Waals surface area (Å²) in [5.74, 6) is 0. The normalized spacial score (nSPS) is 33.1. The van der Waals surface area contributed by atoms with Gasteiger partial charge >= 0.3 is 0 Å². The Morgan fingerprint density at radius 2 is 1.57 bits per heavy atom. The van der Waals surface area contributed by atoms with Gasteiger partial charge in [-0.15, -0.1) is 0 Å². The number of rotatable bonds is 5. The van der Waals surface area contributed by atoms with E-state index in [-0.39, 0.29) is 0 Å². The highest BCUT2D eigenvalue weighted by molar-refractivity contribution is 6.30. The maximum absolute atomic E-state index is 9.92. The van der Waals surface area contributed by atoms with Crippen molar-refractivity contribution in [3.63, 3.8) is 0 Å². The molecule has 0 bridgehead atoms. The van der Waals surface area contributed by atoms with Crippen LogP contribution < -0.4 is 0 Å². The smallest absolute Gasteiger partial charge is 0.111 e. The lowest BCUT2D eigenvalue weighted by atomic mass is 9.92. The van der Waals surface area contributed by atoms with Crippen molar-refractivity contribution >= 4 is 11.6 Å². The van der Waals surface area contributed by atoms with Crippen LogP contribution in [0.3, 0.4) is 0 Å². The fraction of sp³-hybridized carbons (Fsp3) is 0.600. The summed E-state index contributed by atoms with van der Waals surface area (Å²) in [6, 6.07) is 7.53. The second-order valence-corrected chi connectivity index (χ2v) is 5.82. The van der Waals surface area contributed by atoms with Gasteiger partial charge in [0, 0.05) is 5.02 Å². The van der Waals surface area contributed by atoms with E-state index < -0.39 is 37.1 Å². The van der Waals surface area contributed by atoms with Crippen molar-refractivity contribution in [1.82, 2.24) is 0 Å². The van der Waals surface area contributed by atoms with Gasteiger partial charge in [0.15, 0.2) is 0 Å². The van der Waals surface area contributed by atoms with Crippen LogP contribution >= 0.6 is 11.6 Å². The Hall–Kier alpha value is -0.690. The molecule has 2 rings (SSSR count). The Kier molecular flexibility index (Phi) is 5.98. The fourth-order valence-corrected chi connectivity index (χ4v) is 2.70. The number of ether oxygens (including phenoxy) is 1. The first-order chi connectivity index (χ1) is 10.0. The molecule has 5 atom stereocenters. The van der Waals surface area contributed by atoms with Crippen molar-refractivity contribution in [1.29, 1.82) is 0 Å². The summed E-state index contributed by atoms with van der Waals surface area (Å²) < 4.78 is 5.46. The van der Waals surface area contributed by atoms with Gasteiger partial charge in [0.1, 0.15) is 24.4 Å². The number of aryl methyl sites for hydroxylation is 1. The zero-order valence-corrected chi connectivity index (χ0v) is 12.4. The van der Waals surface area contributed by atoms with Crippen LogP contribution in [0.25, 0.3) is 0 Å². The quantitative estimate of drug-likeness (QED) is 0.635. The second kappa shape index (κ2) is 7.54. The van der Waals surface area contributed by atoms with Crippen molar-refractivity contribution in [2.75, 3.05) is 6.61 Å². The molecule has 0 amide bonds. The maximum Gasteiger partial charge on any atom is 0.111 e. The third-order valence-electron chi connectivity index (χ3n) is 3.86. The minimum atomic E-state index is -1.29. The molecule has 1 aliphatic heterocycles. The molecule has 6 heteroatoms. The van der Waals surface area contributed by atoms with Crippen LogP contribution in [-0.4, -0.2) is 57.6 Å². The molecular weight excluding hydrogens is 296 g/mol. The zero-order chi connectivity index (χ0) is 15.4. The average molecular weight is 317 g/mol. The molecular formula is C15H21ClO5. The van der Waals surface area contributed by atoms with Crippen LogP contribution in [0, 0.1) is 0 Å². The van der Waals surface area contributed by atoms with Crippen LogP contribution in [0.1, 0.15) is 18.4 Å². The number of aliphatic hydroxyl groups is 4. The SMILES string of the molecule is OC[C@H]1O[C@@H](CCCc2ccc(Cl)cc2)[C@H](O)[C@@H](O)[C@@H]1O. The predicted octanol–water partition coefficient (Wildman–Crippen LogP) is 0.505. The highest BCUT2D eigenvalue weighted by Gasteiger charge is 2.42. The second-order valence-electron chi connectivity index (χ2n) is 5.39. The monoisotopic (exact) mass is 316 g/mol. The molecule has 1 fully saturated rings. The van der Waals surface area contributed by atoms with Gasteiger partial charge < -0.3 is 25.2 Å². The molecule has 1 aromatic rings. The predicted molar refractivity (Wildman–Crippen MR) is 78.2 cm³/mol. The summed E-state index contributed by atoms with van der Waals surface area (Å²) in [6.07, 6.45) is -3.07. The van der Waals surface area contributed by atoms with Crippen LogP contribution in [0.2, 0.25) is 5.02 Å². The van der Waals surface area contributed by atoms with E-state index in [2.05, 4.69) is 0 Å². The zero-order valence-electron chi connectivity index (χ0n) is 11.6. The van der Waals surface area contributed by atoms with Crippen molar-refractivity contribution < 1.29 is 25.2 Å². The van der Waals surface area contributed by atoms with E-state index in [9.17, 15) is 15.3 Å². The molecule has 0 aromatic heterocycles. The third-order valence-corrected chi connectivity index (χ3v) is 4.11. The van der Waals surface area contributed by atoms with Crippen LogP contribution in [0.4, 0.5) is 0 Å². The lowest BCUT2D eigenvalue weighted by Gasteiger charge is -2.40. The van der Waals surface area contributed by atoms with Gasteiger partial charge in [-0.25, -0.2) is 0 Å². The molecule has 0 saturated carbocycles. The van der Waals surface area contributed by atoms with Gasteiger partial charge in [0.05, 0.1) is 12.7 Å². The van der Waals surface area contributed by atoms with Gasteiger partial charge in [-0.3, -0.25) is 0 Å². The average Bonchev–Trinajstić information content (AvgIpc) is 2.49. The van der Waals surface area contributed by atoms with Crippen LogP contribution in [-0.2, 0) is 11.2 Å². The molecule has 0 aliphatic carbocycles. The Balaban J connectivity index is 1.85. The highest BCUT2D eigenvalue weighted by Crippen LogP contribution is 2.24. The third kappa shape index (κ3) is 4.16. The number of halogens is 1. The van der Waals surface area contributed by atoms with Crippen molar-refractivity contribution in [2.45, 2.75) is 49.8 Å². The van der Waals surface area contributed by atoms with E-state index in [0.29, 0.717) is 11.4 Å². The molecule has 0 unspecified atom stereocenters. The molecule has 0 spiro atoms. The van der Waals surface area contributed by atoms with Crippen LogP contribution in [0.5, 0.6) is 0 Å². The maximum atomic E-state index is 9.92. The molecule has 1 aliphatic rings. The van der Waals surface area contributed by atoms with E-state index in [0.717, 1.165) is 18.4 Å². The lowest BCUT2D eigenvalue weighted by molar-refractivity contribution is -0.230. The lowest BCUT2D eigenvalue weighted by Crippen LogP contribution is -2.58. The highest BCUT2D eigenvalue weighted by atomic mass is 35.5. The van der Waals surface area contributed by atoms with Gasteiger partial charge in [-0.1, -0.05) is 23.7 Å². The number of benzene rings is 1. The first-order valence-electron chi connectivity index (χ1n) is 7.08. The Morgan fingerprint density at radius 3 is 2.19 bits per heavy atom. The number of hydrogen-bond acceptors (Lipinski definition) is 5. The fourth-order valence-electron chi connectivity index (χ4n) is 2.58. The molecule has 1 saturated heterocycles. The summed E-state index contributed by atoms with van der Waals surface area (Å²) in [5, 5.41) is 39.1. The van der Waals surface area contributed by atoms with E-state index in [1.807, 2.05) is 24.3 Å². The minimum Gasteiger partial charge on any atom is -0.394 e. The molecule has 0 radical (unpaired) electrons. The topological polar surface area (TPSA) is 90.2 Å². The Bertz CT molecular complexity index is 436. The van der Waals surface area contributed by atoms with Gasteiger partial charge in [0.2, 0.25) is 0 Å². The molecule has 1 heterocycles. The van der Waals surface area contributed by atoms with E-state index >= 15 is 0 Å². The van der Waals surface area contributed by atoms with Crippen molar-refractivity contribution in [3.05, 3.63) is 34.9 Å². The summed E-state index contributed by atoms with van der Waals surface area (Å²) in [5.41, 5.74) is 1.13. The first-order valence-corrected chi connectivity index (χ1v) is 7.45. The van der Waals surface area contributed by atoms with Gasteiger partial charge in [-0.2, -0.15) is 0 Å². The number of hydrogen-bond donors (Lipinski definition) is 4. The molecule has 4 N–H and O–H groups in total. The Morgan fingerprint density at radius 1 is 0.952 bits per heavy atom. The summed E-state index contributed by atoms with van der Waals surface area (Å²) in [6.45, 7) is -0.390. The molecule has 21 heavy (non-hydrogen) atoms. The summed E-state index contributed by atoms with van der Waals surface area (Å²) in [7, 11) is 0. The van der Waals surface area contributed by atoms with Crippen molar-refractivity contribution in [3.8, 4) is 0 Å². The molecule has 118 valence electrons. The van der Waals surface area contributed by atoms with E-state index in [4.69, 9.17) is 21.4 Å². The molecule has 1 aromatic carbocycles. The summed E-state index contributed by atoms with van der Waals surface area (Å²) in [4.78, 5) is 0. The largest absolute Gasteiger partial charge is 0.394 e. The van der Waals surface area contributed by atoms with Crippen LogP contribution in [0.15, 0.2) is 24.3 Å². The summed E-state index contributed by atoms with van der Waals surface area (Å²) >= 11 is 5.82. The first kappa shape index (κ1) is 16.7. The van der Waals surface area contributed by atoms with Gasteiger partial charge in [-0.05, 0) is 37.0 Å². The standard InChI is InChI=1S/C15H21ClO5/c16-10-6-4-9(5-7-10)2-1-3-11-13(18)15(20)14(19)12(8-17)21-11/h4-7,11-15,17-20H,1-3,8H2/t11-,12+,13-,14+,15+/m0/s1. The van der Waals surface area contributed by atoms with E-state index in [1.54, 1.807) is 0 Å². The van der Waals surface area contributed by atoms with Gasteiger partial charge in [0.25, 0.3) is 0 Å². The Labute approximate surface area is 128 Å². The molecule has 5 nitrogen and oxygen atoms in total. The van der Waals surface area contributed by atoms with E-state index in [1.165, 1.54) is 0 Å².